The van der Waals surface area contributed by atoms with Crippen LogP contribution in [0.1, 0.15) is 59.4 Å². The van der Waals surface area contributed by atoms with E-state index in [0.717, 1.165) is 50.4 Å². The van der Waals surface area contributed by atoms with Gasteiger partial charge in [0.1, 0.15) is 5.82 Å². The van der Waals surface area contributed by atoms with E-state index in [1.807, 2.05) is 6.07 Å². The van der Waals surface area contributed by atoms with Gasteiger partial charge in [-0.1, -0.05) is 0 Å². The summed E-state index contributed by atoms with van der Waals surface area (Å²) in [6, 6.07) is 7.43. The van der Waals surface area contributed by atoms with Crippen LogP contribution in [0.2, 0.25) is 0 Å². The lowest BCUT2D eigenvalue weighted by molar-refractivity contribution is 0.0925. The second kappa shape index (κ2) is 10.6. The van der Waals surface area contributed by atoms with Gasteiger partial charge >= 0.3 is 0 Å². The summed E-state index contributed by atoms with van der Waals surface area (Å²) in [6.45, 7) is 0. The smallest absolute Gasteiger partial charge is 0.276 e. The predicted octanol–water partition coefficient (Wildman–Crippen LogP) is 3.64. The number of imidazole rings is 1. The Hall–Kier alpha value is -4.61. The number of pyridine rings is 2. The maximum absolute atomic E-state index is 14.1. The van der Waals surface area contributed by atoms with E-state index in [1.54, 1.807) is 24.5 Å². The van der Waals surface area contributed by atoms with Gasteiger partial charge in [-0.3, -0.25) is 19.6 Å². The van der Waals surface area contributed by atoms with Crippen molar-refractivity contribution in [3.63, 3.8) is 0 Å². The van der Waals surface area contributed by atoms with Crippen LogP contribution in [-0.4, -0.2) is 54.5 Å². The fourth-order valence-corrected chi connectivity index (χ4v) is 4.77. The Bertz CT molecular complexity index is 1500. The number of hydrogen-bond acceptors (Lipinski definition) is 8. The van der Waals surface area contributed by atoms with Crippen molar-refractivity contribution in [2.75, 3.05) is 16.0 Å². The zero-order valence-electron chi connectivity index (χ0n) is 21.1. The summed E-state index contributed by atoms with van der Waals surface area (Å²) in [4.78, 5) is 37.7. The number of aromatic nitrogens is 5. The van der Waals surface area contributed by atoms with Crippen molar-refractivity contribution in [1.29, 1.82) is 0 Å². The highest BCUT2D eigenvalue weighted by Gasteiger charge is 2.26. The van der Waals surface area contributed by atoms with E-state index in [-0.39, 0.29) is 29.4 Å². The lowest BCUT2D eigenvalue weighted by atomic mass is 9.91. The lowest BCUT2D eigenvalue weighted by Crippen LogP contribution is -2.40. The van der Waals surface area contributed by atoms with Crippen molar-refractivity contribution in [2.24, 2.45) is 0 Å². The Morgan fingerprint density at radius 2 is 1.59 bits per heavy atom. The third kappa shape index (κ3) is 5.64. The Morgan fingerprint density at radius 1 is 0.846 bits per heavy atom. The number of carbonyl (C=O) groups excluding carboxylic acids is 2. The molecule has 39 heavy (non-hydrogen) atoms. The van der Waals surface area contributed by atoms with Gasteiger partial charge in [-0.05, 0) is 56.7 Å². The minimum Gasteiger partial charge on any atom is -0.379 e. The monoisotopic (exact) mass is 529 g/mol. The van der Waals surface area contributed by atoms with Crippen LogP contribution in [0.3, 0.4) is 0 Å². The molecule has 0 aromatic carbocycles. The molecule has 2 aliphatic rings. The van der Waals surface area contributed by atoms with Gasteiger partial charge in [0.2, 0.25) is 0 Å². The predicted molar refractivity (Wildman–Crippen MR) is 143 cm³/mol. The summed E-state index contributed by atoms with van der Waals surface area (Å²) in [6.07, 6.45) is 12.6. The number of amides is 2. The molecule has 4 aromatic heterocycles. The van der Waals surface area contributed by atoms with E-state index in [1.165, 1.54) is 23.0 Å². The molecule has 0 bridgehead atoms. The zero-order valence-corrected chi connectivity index (χ0v) is 21.1. The second-order valence-corrected chi connectivity index (χ2v) is 9.96. The maximum Gasteiger partial charge on any atom is 0.276 e. The fourth-order valence-electron chi connectivity index (χ4n) is 4.77. The molecule has 0 saturated heterocycles. The zero-order chi connectivity index (χ0) is 26.8. The van der Waals surface area contributed by atoms with Crippen LogP contribution in [0, 0.1) is 5.82 Å². The van der Waals surface area contributed by atoms with Gasteiger partial charge in [-0.25, -0.2) is 13.9 Å². The number of nitrogens with one attached hydrogen (secondary N) is 4. The Balaban J connectivity index is 1.16. The van der Waals surface area contributed by atoms with E-state index in [9.17, 15) is 14.0 Å². The first-order valence-corrected chi connectivity index (χ1v) is 13.1. The Morgan fingerprint density at radius 3 is 2.33 bits per heavy atom. The molecule has 12 heteroatoms. The average Bonchev–Trinajstić information content (AvgIpc) is 3.66. The molecular formula is C27H28FN9O2. The van der Waals surface area contributed by atoms with Gasteiger partial charge in [0, 0.05) is 42.8 Å². The van der Waals surface area contributed by atoms with Crippen LogP contribution in [0.4, 0.5) is 21.6 Å². The number of anilines is 3. The quantitative estimate of drug-likeness (QED) is 0.271. The molecule has 2 saturated carbocycles. The summed E-state index contributed by atoms with van der Waals surface area (Å²) in [5.41, 5.74) is 2.07. The van der Waals surface area contributed by atoms with Crippen LogP contribution < -0.4 is 21.3 Å². The topological polar surface area (TPSA) is 138 Å². The first kappa shape index (κ1) is 24.7. The number of hydrogen-bond donors (Lipinski definition) is 4. The number of fused-ring (bicyclic) bond motifs is 1. The highest BCUT2D eigenvalue weighted by atomic mass is 19.1. The van der Waals surface area contributed by atoms with Gasteiger partial charge in [-0.2, -0.15) is 0 Å². The summed E-state index contributed by atoms with van der Waals surface area (Å²) in [5, 5.41) is 17.3. The summed E-state index contributed by atoms with van der Waals surface area (Å²) < 4.78 is 15.6. The molecule has 0 radical (unpaired) electrons. The molecule has 200 valence electrons. The highest BCUT2D eigenvalue weighted by molar-refractivity contribution is 6.03. The van der Waals surface area contributed by atoms with Crippen LogP contribution in [0.5, 0.6) is 0 Å². The molecular weight excluding hydrogens is 501 g/mol. The third-order valence-electron chi connectivity index (χ3n) is 7.00. The largest absolute Gasteiger partial charge is 0.379 e. The molecule has 0 aliphatic heterocycles. The van der Waals surface area contributed by atoms with E-state index < -0.39 is 11.7 Å². The van der Waals surface area contributed by atoms with Crippen molar-refractivity contribution >= 4 is 34.7 Å². The molecule has 0 spiro atoms. The van der Waals surface area contributed by atoms with E-state index >= 15 is 0 Å². The first-order chi connectivity index (χ1) is 19.0. The van der Waals surface area contributed by atoms with Crippen molar-refractivity contribution in [1.82, 2.24) is 29.9 Å². The molecule has 0 atom stereocenters. The minimum atomic E-state index is -0.627. The van der Waals surface area contributed by atoms with Crippen LogP contribution in [0.25, 0.3) is 5.65 Å². The summed E-state index contributed by atoms with van der Waals surface area (Å²) in [5.74, 6) is -0.659. The molecule has 2 aliphatic carbocycles. The molecule has 0 unspecified atom stereocenters. The maximum atomic E-state index is 14.1. The number of halogens is 1. The van der Waals surface area contributed by atoms with Crippen LogP contribution in [-0.2, 0) is 0 Å². The van der Waals surface area contributed by atoms with Gasteiger partial charge in [0.25, 0.3) is 11.8 Å². The SMILES string of the molecule is O=C(NC1CCC(Nc2cc(NC3CC3)c3ncc(C(=O)Nc4ccncc4F)n3n2)CC1)c1cccnc1. The molecule has 2 fully saturated rings. The normalized spacial score (nSPS) is 18.9. The number of rotatable bonds is 8. The van der Waals surface area contributed by atoms with Crippen LogP contribution >= 0.6 is 0 Å². The standard InChI is InChI=1S/C27H28FN9O2/c28-20-14-30-11-9-21(20)35-27(39)23-15-31-25-22(32-17-3-4-17)12-24(36-37(23)25)33-18-5-7-19(8-6-18)34-26(38)16-2-1-10-29-13-16/h1-2,9-15,17-19,32H,3-8H2,(H,33,36)(H,34,38)(H,30,35,39). The number of carbonyl (C=O) groups is 2. The molecule has 4 heterocycles. The second-order valence-electron chi connectivity index (χ2n) is 9.96. The Kier molecular flexibility index (Phi) is 6.74. The molecule has 2 amide bonds. The van der Waals surface area contributed by atoms with E-state index in [2.05, 4.69) is 41.3 Å². The highest BCUT2D eigenvalue weighted by Crippen LogP contribution is 2.30. The Labute approximate surface area is 223 Å². The summed E-state index contributed by atoms with van der Waals surface area (Å²) >= 11 is 0. The van der Waals surface area contributed by atoms with Gasteiger partial charge in [-0.15, -0.1) is 5.10 Å². The first-order valence-electron chi connectivity index (χ1n) is 13.1. The van der Waals surface area contributed by atoms with Crippen molar-refractivity contribution in [3.8, 4) is 0 Å². The van der Waals surface area contributed by atoms with Gasteiger partial charge in [0.15, 0.2) is 17.2 Å². The van der Waals surface area contributed by atoms with Crippen molar-refractivity contribution < 1.29 is 14.0 Å². The molecule has 11 nitrogen and oxygen atoms in total. The summed E-state index contributed by atoms with van der Waals surface area (Å²) in [7, 11) is 0. The lowest BCUT2D eigenvalue weighted by Gasteiger charge is -2.30. The van der Waals surface area contributed by atoms with Crippen LogP contribution in [0.15, 0.2) is 55.2 Å². The minimum absolute atomic E-state index is 0.0305. The fraction of sp³-hybridized carbons (Fsp3) is 0.333. The van der Waals surface area contributed by atoms with E-state index in [0.29, 0.717) is 23.1 Å². The molecule has 4 aromatic rings. The molecule has 6 rings (SSSR count). The van der Waals surface area contributed by atoms with Gasteiger partial charge in [0.05, 0.1) is 29.3 Å². The number of nitrogens with zero attached hydrogens (tertiary/aromatic N) is 5. The molecule has 4 N–H and O–H groups in total. The van der Waals surface area contributed by atoms with E-state index in [4.69, 9.17) is 0 Å². The van der Waals surface area contributed by atoms with Crippen molar-refractivity contribution in [2.45, 2.75) is 56.7 Å². The van der Waals surface area contributed by atoms with Gasteiger partial charge < -0.3 is 21.3 Å². The third-order valence-corrected chi connectivity index (χ3v) is 7.00. The van der Waals surface area contributed by atoms with Crippen molar-refractivity contribution in [3.05, 3.63) is 72.3 Å². The average molecular weight is 530 g/mol.